The summed E-state index contributed by atoms with van der Waals surface area (Å²) in [6, 6.07) is 23.5. The third-order valence-corrected chi connectivity index (χ3v) is 5.65. The Morgan fingerprint density at radius 2 is 0.969 bits per heavy atom. The molecule has 0 heterocycles. The van der Waals surface area contributed by atoms with Gasteiger partial charge in [0.2, 0.25) is 0 Å². The van der Waals surface area contributed by atoms with Crippen LogP contribution in [0.25, 0.3) is 21.5 Å². The summed E-state index contributed by atoms with van der Waals surface area (Å²) >= 11 is 0. The SMILES string of the molecule is Oc1c(C=NCCCCCCN=Cc2ccc3ccccc3c2O)ccc2ccccc12. The average Bonchev–Trinajstić information content (AvgIpc) is 2.83. The standard InChI is InChI=1S/C28H28N2O2/c31-27-23(15-13-21-9-3-5-11-25(21)27)19-29-17-7-1-2-8-18-30-20-24-16-14-22-10-4-6-12-26(22)28(24)32/h3-6,9-16,19-20,31-32H,1-2,7-8,17-18H2. The number of benzene rings is 4. The smallest absolute Gasteiger partial charge is 0.132 e. The van der Waals surface area contributed by atoms with Crippen molar-refractivity contribution in [3.05, 3.63) is 83.9 Å². The molecule has 0 fully saturated rings. The molecule has 162 valence electrons. The second-order valence-corrected chi connectivity index (χ2v) is 7.93. The number of fused-ring (bicyclic) bond motifs is 2. The predicted molar refractivity (Wildman–Crippen MR) is 135 cm³/mol. The van der Waals surface area contributed by atoms with Crippen LogP contribution in [0.5, 0.6) is 11.5 Å². The first-order valence-electron chi connectivity index (χ1n) is 11.1. The van der Waals surface area contributed by atoms with Gasteiger partial charge in [-0.3, -0.25) is 9.98 Å². The molecule has 0 atom stereocenters. The molecule has 0 saturated heterocycles. The Bertz CT molecular complexity index is 1160. The van der Waals surface area contributed by atoms with Gasteiger partial charge in [0, 0.05) is 47.4 Å². The van der Waals surface area contributed by atoms with E-state index in [1.807, 2.05) is 72.8 Å². The number of phenolic OH excluding ortho intramolecular Hbond substituents is 2. The number of nitrogens with zero attached hydrogens (tertiary/aromatic N) is 2. The Balaban J connectivity index is 1.17. The highest BCUT2D eigenvalue weighted by Gasteiger charge is 2.04. The van der Waals surface area contributed by atoms with Gasteiger partial charge in [-0.05, 0) is 35.7 Å². The van der Waals surface area contributed by atoms with Crippen molar-refractivity contribution in [2.24, 2.45) is 9.98 Å². The fourth-order valence-electron chi connectivity index (χ4n) is 3.84. The Morgan fingerprint density at radius 3 is 1.44 bits per heavy atom. The summed E-state index contributed by atoms with van der Waals surface area (Å²) in [6.45, 7) is 1.50. The van der Waals surface area contributed by atoms with Crippen molar-refractivity contribution in [2.75, 3.05) is 13.1 Å². The fourth-order valence-corrected chi connectivity index (χ4v) is 3.84. The van der Waals surface area contributed by atoms with Gasteiger partial charge in [-0.1, -0.05) is 73.5 Å². The molecule has 4 heteroatoms. The van der Waals surface area contributed by atoms with Gasteiger partial charge in [-0.25, -0.2) is 0 Å². The Morgan fingerprint density at radius 1 is 0.531 bits per heavy atom. The molecule has 4 nitrogen and oxygen atoms in total. The van der Waals surface area contributed by atoms with Gasteiger partial charge < -0.3 is 10.2 Å². The van der Waals surface area contributed by atoms with E-state index in [2.05, 4.69) is 9.98 Å². The van der Waals surface area contributed by atoms with Crippen LogP contribution in [0.2, 0.25) is 0 Å². The van der Waals surface area contributed by atoms with Gasteiger partial charge in [-0.15, -0.1) is 0 Å². The number of hydrogen-bond donors (Lipinski definition) is 2. The molecule has 0 spiro atoms. The summed E-state index contributed by atoms with van der Waals surface area (Å²) in [5, 5.41) is 24.6. The van der Waals surface area contributed by atoms with Crippen LogP contribution in [0, 0.1) is 0 Å². The third-order valence-electron chi connectivity index (χ3n) is 5.65. The first-order chi connectivity index (χ1) is 15.7. The molecule has 0 aliphatic heterocycles. The van der Waals surface area contributed by atoms with E-state index >= 15 is 0 Å². The van der Waals surface area contributed by atoms with E-state index in [4.69, 9.17) is 0 Å². The highest BCUT2D eigenvalue weighted by Crippen LogP contribution is 2.28. The van der Waals surface area contributed by atoms with E-state index in [9.17, 15) is 10.2 Å². The molecule has 4 aromatic carbocycles. The maximum absolute atomic E-state index is 10.4. The van der Waals surface area contributed by atoms with Crippen molar-refractivity contribution in [1.29, 1.82) is 0 Å². The molecular weight excluding hydrogens is 396 g/mol. The summed E-state index contributed by atoms with van der Waals surface area (Å²) in [7, 11) is 0. The zero-order valence-corrected chi connectivity index (χ0v) is 18.1. The molecule has 2 N–H and O–H groups in total. The second kappa shape index (κ2) is 10.6. The lowest BCUT2D eigenvalue weighted by Gasteiger charge is -2.04. The number of aromatic hydroxyl groups is 2. The van der Waals surface area contributed by atoms with E-state index in [1.165, 1.54) is 0 Å². The molecule has 32 heavy (non-hydrogen) atoms. The first-order valence-corrected chi connectivity index (χ1v) is 11.1. The lowest BCUT2D eigenvalue weighted by Crippen LogP contribution is -1.90. The van der Waals surface area contributed by atoms with Crippen molar-refractivity contribution in [3.8, 4) is 11.5 Å². The van der Waals surface area contributed by atoms with Gasteiger partial charge in [0.05, 0.1) is 0 Å². The zero-order valence-electron chi connectivity index (χ0n) is 18.1. The van der Waals surface area contributed by atoms with Crippen LogP contribution < -0.4 is 0 Å². The molecule has 0 saturated carbocycles. The second-order valence-electron chi connectivity index (χ2n) is 7.93. The largest absolute Gasteiger partial charge is 0.507 e. The highest BCUT2D eigenvalue weighted by molar-refractivity contribution is 5.97. The van der Waals surface area contributed by atoms with E-state index in [1.54, 1.807) is 12.4 Å². The topological polar surface area (TPSA) is 65.2 Å². The summed E-state index contributed by atoms with van der Waals surface area (Å²) in [5.74, 6) is 0.587. The molecule has 0 aliphatic rings. The van der Waals surface area contributed by atoms with E-state index in [-0.39, 0.29) is 0 Å². The van der Waals surface area contributed by atoms with Crippen LogP contribution in [0.1, 0.15) is 36.8 Å². The minimum atomic E-state index is 0.294. The molecule has 0 aromatic heterocycles. The van der Waals surface area contributed by atoms with Crippen molar-refractivity contribution >= 4 is 34.0 Å². The lowest BCUT2D eigenvalue weighted by molar-refractivity contribution is 0.480. The van der Waals surface area contributed by atoms with Crippen LogP contribution in [-0.4, -0.2) is 35.7 Å². The Labute approximate surface area is 188 Å². The number of hydrogen-bond acceptors (Lipinski definition) is 4. The van der Waals surface area contributed by atoms with Crippen molar-refractivity contribution < 1.29 is 10.2 Å². The first kappa shape index (κ1) is 21.6. The number of rotatable bonds is 9. The van der Waals surface area contributed by atoms with Crippen molar-refractivity contribution in [2.45, 2.75) is 25.7 Å². The van der Waals surface area contributed by atoms with Crippen LogP contribution in [0.15, 0.2) is 82.8 Å². The molecular formula is C28H28N2O2. The molecule has 0 bridgehead atoms. The van der Waals surface area contributed by atoms with Crippen molar-refractivity contribution in [3.63, 3.8) is 0 Å². The maximum atomic E-state index is 10.4. The normalized spacial score (nSPS) is 11.9. The average molecular weight is 425 g/mol. The third kappa shape index (κ3) is 5.14. The fraction of sp³-hybridized carbons (Fsp3) is 0.214. The minimum absolute atomic E-state index is 0.294. The van der Waals surface area contributed by atoms with Crippen molar-refractivity contribution in [1.82, 2.24) is 0 Å². The van der Waals surface area contributed by atoms with Gasteiger partial charge >= 0.3 is 0 Å². The molecule has 0 unspecified atom stereocenters. The number of unbranched alkanes of at least 4 members (excludes halogenated alkanes) is 3. The summed E-state index contributed by atoms with van der Waals surface area (Å²) in [6.07, 6.45) is 7.75. The molecule has 4 rings (SSSR count). The summed E-state index contributed by atoms with van der Waals surface area (Å²) in [4.78, 5) is 8.95. The van der Waals surface area contributed by atoms with Crippen LogP contribution in [-0.2, 0) is 0 Å². The van der Waals surface area contributed by atoms with Crippen LogP contribution in [0.3, 0.4) is 0 Å². The van der Waals surface area contributed by atoms with E-state index in [0.29, 0.717) is 11.5 Å². The number of phenols is 2. The molecule has 0 radical (unpaired) electrons. The highest BCUT2D eigenvalue weighted by atomic mass is 16.3. The predicted octanol–water partition coefficient (Wildman–Crippen LogP) is 6.50. The lowest BCUT2D eigenvalue weighted by atomic mass is 10.1. The Kier molecular flexibility index (Phi) is 7.13. The minimum Gasteiger partial charge on any atom is -0.507 e. The van der Waals surface area contributed by atoms with Crippen LogP contribution in [0.4, 0.5) is 0 Å². The number of aliphatic imine (C=N–C) groups is 2. The Hall–Kier alpha value is -3.66. The monoisotopic (exact) mass is 424 g/mol. The van der Waals surface area contributed by atoms with E-state index < -0.39 is 0 Å². The maximum Gasteiger partial charge on any atom is 0.132 e. The van der Waals surface area contributed by atoms with Crippen LogP contribution >= 0.6 is 0 Å². The molecule has 0 amide bonds. The molecule has 0 aliphatic carbocycles. The zero-order chi connectivity index (χ0) is 22.2. The quantitative estimate of drug-likeness (QED) is 0.238. The molecule has 4 aromatic rings. The van der Waals surface area contributed by atoms with Gasteiger partial charge in [-0.2, -0.15) is 0 Å². The summed E-state index contributed by atoms with van der Waals surface area (Å²) < 4.78 is 0. The van der Waals surface area contributed by atoms with Gasteiger partial charge in [0.25, 0.3) is 0 Å². The van der Waals surface area contributed by atoms with E-state index in [0.717, 1.165) is 71.4 Å². The van der Waals surface area contributed by atoms with Gasteiger partial charge in [0.1, 0.15) is 11.5 Å². The van der Waals surface area contributed by atoms with Gasteiger partial charge in [0.15, 0.2) is 0 Å². The summed E-state index contributed by atoms with van der Waals surface area (Å²) in [5.41, 5.74) is 1.52.